The highest BCUT2D eigenvalue weighted by Crippen LogP contribution is 2.44. The van der Waals surface area contributed by atoms with Gasteiger partial charge >= 0.3 is 6.03 Å². The van der Waals surface area contributed by atoms with Crippen molar-refractivity contribution in [2.24, 2.45) is 0 Å². The Labute approximate surface area is 150 Å². The van der Waals surface area contributed by atoms with Gasteiger partial charge in [-0.05, 0) is 48.4 Å². The number of rotatable bonds is 1. The van der Waals surface area contributed by atoms with Crippen molar-refractivity contribution in [3.05, 3.63) is 51.2 Å². The van der Waals surface area contributed by atoms with Crippen molar-refractivity contribution in [3.8, 4) is 0 Å². The number of thiophene rings is 1. The summed E-state index contributed by atoms with van der Waals surface area (Å²) in [7, 11) is 0. The summed E-state index contributed by atoms with van der Waals surface area (Å²) in [6.45, 7) is 2.15. The van der Waals surface area contributed by atoms with E-state index in [-0.39, 0.29) is 11.6 Å². The standard InChI is InChI=1S/C18H19ClN2O2S/c19-14-3-1-2-4-15(14)20-17(22)21-9-7-18(8-10-21)16-13(5-11-23-18)6-12-24-16/h1-4,6,12H,5,7-11H2,(H,20,22). The summed E-state index contributed by atoms with van der Waals surface area (Å²) >= 11 is 7.90. The summed E-state index contributed by atoms with van der Waals surface area (Å²) in [6.07, 6.45) is 2.68. The molecule has 1 fully saturated rings. The Hall–Kier alpha value is -1.56. The van der Waals surface area contributed by atoms with Crippen molar-refractivity contribution in [2.45, 2.75) is 24.9 Å². The van der Waals surface area contributed by atoms with Crippen LogP contribution in [0.1, 0.15) is 23.3 Å². The van der Waals surface area contributed by atoms with Gasteiger partial charge in [0.05, 0.1) is 17.3 Å². The molecule has 1 aromatic heterocycles. The van der Waals surface area contributed by atoms with Gasteiger partial charge in [0.15, 0.2) is 0 Å². The van der Waals surface area contributed by atoms with E-state index in [2.05, 4.69) is 16.8 Å². The van der Waals surface area contributed by atoms with Crippen LogP contribution in [-0.2, 0) is 16.8 Å². The summed E-state index contributed by atoms with van der Waals surface area (Å²) in [5.74, 6) is 0. The van der Waals surface area contributed by atoms with Crippen LogP contribution in [0.4, 0.5) is 10.5 Å². The second-order valence-electron chi connectivity index (χ2n) is 6.26. The number of nitrogens with zero attached hydrogens (tertiary/aromatic N) is 1. The predicted molar refractivity (Wildman–Crippen MR) is 96.9 cm³/mol. The number of anilines is 1. The quantitative estimate of drug-likeness (QED) is 0.811. The number of urea groups is 1. The van der Waals surface area contributed by atoms with Gasteiger partial charge in [-0.25, -0.2) is 4.79 Å². The Morgan fingerprint density at radius 2 is 2.04 bits per heavy atom. The number of fused-ring (bicyclic) bond motifs is 2. The Balaban J connectivity index is 1.44. The van der Waals surface area contributed by atoms with E-state index in [4.69, 9.17) is 16.3 Å². The summed E-state index contributed by atoms with van der Waals surface area (Å²) < 4.78 is 6.19. The van der Waals surface area contributed by atoms with Gasteiger partial charge in [-0.15, -0.1) is 11.3 Å². The van der Waals surface area contributed by atoms with Crippen LogP contribution >= 0.6 is 22.9 Å². The van der Waals surface area contributed by atoms with Gasteiger partial charge in [0.2, 0.25) is 0 Å². The van der Waals surface area contributed by atoms with Crippen LogP contribution in [-0.4, -0.2) is 30.6 Å². The molecule has 0 unspecified atom stereocenters. The molecule has 1 spiro atoms. The van der Waals surface area contributed by atoms with Gasteiger partial charge in [0, 0.05) is 18.0 Å². The maximum absolute atomic E-state index is 12.5. The Morgan fingerprint density at radius 1 is 1.25 bits per heavy atom. The normalized spacial score (nSPS) is 19.1. The van der Waals surface area contributed by atoms with E-state index in [0.717, 1.165) is 25.9 Å². The number of para-hydroxylation sites is 1. The van der Waals surface area contributed by atoms with Crippen molar-refractivity contribution >= 4 is 34.7 Å². The molecule has 2 amide bonds. The van der Waals surface area contributed by atoms with Crippen LogP contribution in [0.3, 0.4) is 0 Å². The average Bonchev–Trinajstić information content (AvgIpc) is 3.08. The maximum Gasteiger partial charge on any atom is 0.321 e. The van der Waals surface area contributed by atoms with E-state index < -0.39 is 0 Å². The third-order valence-corrected chi connectivity index (χ3v) is 6.36. The molecule has 2 aliphatic heterocycles. The molecule has 0 bridgehead atoms. The molecule has 4 rings (SSSR count). The highest BCUT2D eigenvalue weighted by atomic mass is 35.5. The molecule has 0 radical (unpaired) electrons. The number of hydrogen-bond donors (Lipinski definition) is 1. The summed E-state index contributed by atoms with van der Waals surface area (Å²) in [5.41, 5.74) is 1.88. The fourth-order valence-corrected chi connectivity index (χ4v) is 4.90. The van der Waals surface area contributed by atoms with Crippen molar-refractivity contribution in [1.29, 1.82) is 0 Å². The molecular formula is C18H19ClN2O2S. The van der Waals surface area contributed by atoms with Crippen LogP contribution in [0.15, 0.2) is 35.7 Å². The van der Waals surface area contributed by atoms with E-state index in [1.807, 2.05) is 23.1 Å². The Morgan fingerprint density at radius 3 is 2.83 bits per heavy atom. The second kappa shape index (κ2) is 6.39. The monoisotopic (exact) mass is 362 g/mol. The van der Waals surface area contributed by atoms with Crippen LogP contribution in [0, 0.1) is 0 Å². The molecule has 0 saturated carbocycles. The van der Waals surface area contributed by atoms with Gasteiger partial charge in [-0.2, -0.15) is 0 Å². The Kier molecular flexibility index (Phi) is 4.24. The van der Waals surface area contributed by atoms with E-state index in [0.29, 0.717) is 23.8 Å². The van der Waals surface area contributed by atoms with Crippen molar-refractivity contribution in [1.82, 2.24) is 4.90 Å². The van der Waals surface area contributed by atoms with E-state index >= 15 is 0 Å². The minimum absolute atomic E-state index is 0.0971. The van der Waals surface area contributed by atoms with E-state index in [9.17, 15) is 4.79 Å². The van der Waals surface area contributed by atoms with Crippen LogP contribution in [0.25, 0.3) is 0 Å². The number of piperidine rings is 1. The molecule has 2 aromatic rings. The number of likely N-dealkylation sites (tertiary alicyclic amines) is 1. The molecule has 0 aliphatic carbocycles. The smallest absolute Gasteiger partial charge is 0.321 e. The summed E-state index contributed by atoms with van der Waals surface area (Å²) in [5, 5.41) is 5.61. The zero-order valence-corrected chi connectivity index (χ0v) is 14.8. The topological polar surface area (TPSA) is 41.6 Å². The lowest BCUT2D eigenvalue weighted by molar-refractivity contribution is -0.0891. The first-order valence-electron chi connectivity index (χ1n) is 8.19. The predicted octanol–water partition coefficient (Wildman–Crippen LogP) is 4.50. The molecule has 1 saturated heterocycles. The molecule has 1 N–H and O–H groups in total. The van der Waals surface area contributed by atoms with Crippen LogP contribution in [0.2, 0.25) is 5.02 Å². The zero-order valence-electron chi connectivity index (χ0n) is 13.3. The molecule has 24 heavy (non-hydrogen) atoms. The van der Waals surface area contributed by atoms with Crippen LogP contribution < -0.4 is 5.32 Å². The fraction of sp³-hybridized carbons (Fsp3) is 0.389. The molecular weight excluding hydrogens is 344 g/mol. The maximum atomic E-state index is 12.5. The third-order valence-electron chi connectivity index (χ3n) is 4.88. The van der Waals surface area contributed by atoms with Gasteiger partial charge in [0.25, 0.3) is 0 Å². The minimum atomic E-state index is -0.192. The SMILES string of the molecule is O=C(Nc1ccccc1Cl)N1CCC2(CC1)OCCc1ccsc12. The molecule has 0 atom stereocenters. The average molecular weight is 363 g/mol. The number of carbonyl (C=O) groups excluding carboxylic acids is 1. The number of amides is 2. The lowest BCUT2D eigenvalue weighted by Crippen LogP contribution is -2.49. The molecule has 126 valence electrons. The largest absolute Gasteiger partial charge is 0.369 e. The highest BCUT2D eigenvalue weighted by molar-refractivity contribution is 7.10. The minimum Gasteiger partial charge on any atom is -0.369 e. The number of ether oxygens (including phenoxy) is 1. The second-order valence-corrected chi connectivity index (χ2v) is 7.59. The molecule has 3 heterocycles. The third kappa shape index (κ3) is 2.81. The highest BCUT2D eigenvalue weighted by Gasteiger charge is 2.42. The summed E-state index contributed by atoms with van der Waals surface area (Å²) in [6, 6.07) is 9.41. The van der Waals surface area contributed by atoms with Crippen molar-refractivity contribution in [2.75, 3.05) is 25.0 Å². The fourth-order valence-electron chi connectivity index (χ4n) is 3.55. The van der Waals surface area contributed by atoms with Crippen molar-refractivity contribution < 1.29 is 9.53 Å². The zero-order chi connectivity index (χ0) is 16.6. The van der Waals surface area contributed by atoms with Gasteiger partial charge in [-0.3, -0.25) is 0 Å². The first-order chi connectivity index (χ1) is 11.7. The first-order valence-corrected chi connectivity index (χ1v) is 9.45. The van der Waals surface area contributed by atoms with Gasteiger partial charge in [-0.1, -0.05) is 23.7 Å². The number of hydrogen-bond acceptors (Lipinski definition) is 3. The molecule has 2 aliphatic rings. The molecule has 1 aromatic carbocycles. The Bertz CT molecular complexity index is 753. The van der Waals surface area contributed by atoms with Gasteiger partial charge in [0.1, 0.15) is 5.60 Å². The molecule has 6 heteroatoms. The lowest BCUT2D eigenvalue weighted by atomic mass is 9.85. The van der Waals surface area contributed by atoms with E-state index in [1.54, 1.807) is 17.4 Å². The number of halogens is 1. The van der Waals surface area contributed by atoms with E-state index in [1.165, 1.54) is 10.4 Å². The lowest BCUT2D eigenvalue weighted by Gasteiger charge is -2.43. The van der Waals surface area contributed by atoms with Crippen LogP contribution in [0.5, 0.6) is 0 Å². The number of carbonyl (C=O) groups is 1. The summed E-state index contributed by atoms with van der Waals surface area (Å²) in [4.78, 5) is 15.7. The first kappa shape index (κ1) is 15.9. The number of nitrogens with one attached hydrogen (secondary N) is 1. The van der Waals surface area contributed by atoms with Gasteiger partial charge < -0.3 is 15.0 Å². The van der Waals surface area contributed by atoms with Crippen molar-refractivity contribution in [3.63, 3.8) is 0 Å². The molecule has 4 nitrogen and oxygen atoms in total. The number of benzene rings is 1.